The van der Waals surface area contributed by atoms with Crippen molar-refractivity contribution in [2.45, 2.75) is 6.92 Å². The Bertz CT molecular complexity index is 584. The Morgan fingerprint density at radius 2 is 1.79 bits per heavy atom. The molecule has 0 N–H and O–H groups in total. The fourth-order valence-corrected chi connectivity index (χ4v) is 2.23. The number of halogens is 2. The molecule has 19 heavy (non-hydrogen) atoms. The maximum absolute atomic E-state index is 12.5. The number of amides is 1. The molecule has 98 valence electrons. The van der Waals surface area contributed by atoms with Gasteiger partial charge in [-0.2, -0.15) is 0 Å². The third-order valence-corrected chi connectivity index (χ3v) is 3.35. The lowest BCUT2D eigenvalue weighted by Gasteiger charge is -2.21. The van der Waals surface area contributed by atoms with Crippen LogP contribution in [0.2, 0.25) is 10.0 Å². The first-order valence-corrected chi connectivity index (χ1v) is 6.71. The van der Waals surface area contributed by atoms with Crippen LogP contribution in [0.15, 0.2) is 48.5 Å². The predicted molar refractivity (Wildman–Crippen MR) is 80.3 cm³/mol. The van der Waals surface area contributed by atoms with Gasteiger partial charge >= 0.3 is 0 Å². The van der Waals surface area contributed by atoms with E-state index in [9.17, 15) is 4.79 Å². The largest absolute Gasteiger partial charge is 0.309 e. The highest BCUT2D eigenvalue weighted by molar-refractivity contribution is 6.36. The van der Waals surface area contributed by atoms with Gasteiger partial charge in [-0.3, -0.25) is 4.79 Å². The summed E-state index contributed by atoms with van der Waals surface area (Å²) in [5.41, 5.74) is 1.26. The molecule has 0 radical (unpaired) electrons. The van der Waals surface area contributed by atoms with Crippen LogP contribution in [0.1, 0.15) is 17.3 Å². The summed E-state index contributed by atoms with van der Waals surface area (Å²) in [7, 11) is 0. The number of rotatable bonds is 3. The summed E-state index contributed by atoms with van der Waals surface area (Å²) >= 11 is 12.0. The summed E-state index contributed by atoms with van der Waals surface area (Å²) in [6, 6.07) is 14.4. The molecule has 0 aliphatic carbocycles. The number of hydrogen-bond donors (Lipinski definition) is 0. The van der Waals surface area contributed by atoms with E-state index < -0.39 is 0 Å². The third-order valence-electron chi connectivity index (χ3n) is 2.79. The van der Waals surface area contributed by atoms with Crippen LogP contribution in [0.4, 0.5) is 5.69 Å². The van der Waals surface area contributed by atoms with Crippen molar-refractivity contribution < 1.29 is 4.79 Å². The minimum Gasteiger partial charge on any atom is -0.309 e. The Labute approximate surface area is 122 Å². The van der Waals surface area contributed by atoms with E-state index in [2.05, 4.69) is 0 Å². The molecule has 0 atom stereocenters. The molecule has 0 aliphatic rings. The van der Waals surface area contributed by atoms with Crippen LogP contribution in [0.25, 0.3) is 0 Å². The van der Waals surface area contributed by atoms with E-state index in [0.29, 0.717) is 22.2 Å². The topological polar surface area (TPSA) is 20.3 Å². The summed E-state index contributed by atoms with van der Waals surface area (Å²) in [5, 5.41) is 0.903. The second-order valence-electron chi connectivity index (χ2n) is 4.01. The van der Waals surface area contributed by atoms with Crippen molar-refractivity contribution in [3.05, 3.63) is 64.1 Å². The normalized spacial score (nSPS) is 10.3. The number of carbonyl (C=O) groups excluding carboxylic acids is 1. The van der Waals surface area contributed by atoms with Crippen molar-refractivity contribution in [3.63, 3.8) is 0 Å². The Kier molecular flexibility index (Phi) is 4.46. The van der Waals surface area contributed by atoms with Gasteiger partial charge in [-0.1, -0.05) is 41.4 Å². The van der Waals surface area contributed by atoms with E-state index >= 15 is 0 Å². The van der Waals surface area contributed by atoms with E-state index in [-0.39, 0.29) is 5.91 Å². The minimum absolute atomic E-state index is 0.152. The predicted octanol–water partition coefficient (Wildman–Crippen LogP) is 4.66. The van der Waals surface area contributed by atoms with Crippen molar-refractivity contribution in [3.8, 4) is 0 Å². The highest BCUT2D eigenvalue weighted by Gasteiger charge is 2.18. The van der Waals surface area contributed by atoms with Crippen molar-refractivity contribution in [1.82, 2.24) is 0 Å². The molecule has 1 amide bonds. The Balaban J connectivity index is 2.39. The fraction of sp³-hybridized carbons (Fsp3) is 0.133. The Hall–Kier alpha value is -1.51. The van der Waals surface area contributed by atoms with E-state index in [4.69, 9.17) is 23.2 Å². The van der Waals surface area contributed by atoms with Crippen LogP contribution in [-0.2, 0) is 0 Å². The summed E-state index contributed by atoms with van der Waals surface area (Å²) in [4.78, 5) is 14.2. The van der Waals surface area contributed by atoms with Gasteiger partial charge in [0.25, 0.3) is 5.91 Å². The summed E-state index contributed by atoms with van der Waals surface area (Å²) < 4.78 is 0. The number of benzene rings is 2. The van der Waals surface area contributed by atoms with E-state index in [1.807, 2.05) is 37.3 Å². The molecule has 0 spiro atoms. The molecule has 0 saturated heterocycles. The number of hydrogen-bond acceptors (Lipinski definition) is 1. The van der Waals surface area contributed by atoms with Gasteiger partial charge in [0.05, 0.1) is 10.6 Å². The van der Waals surface area contributed by atoms with Crippen molar-refractivity contribution in [2.75, 3.05) is 11.4 Å². The SMILES string of the molecule is CCN(C(=O)c1cc(Cl)ccc1Cl)c1ccccc1. The van der Waals surface area contributed by atoms with Gasteiger partial charge in [-0.15, -0.1) is 0 Å². The van der Waals surface area contributed by atoms with Crippen molar-refractivity contribution >= 4 is 34.8 Å². The summed E-state index contributed by atoms with van der Waals surface area (Å²) in [6.07, 6.45) is 0. The van der Waals surface area contributed by atoms with Crippen LogP contribution in [0.5, 0.6) is 0 Å². The molecule has 2 aromatic carbocycles. The smallest absolute Gasteiger partial charge is 0.259 e. The third kappa shape index (κ3) is 3.09. The average Bonchev–Trinajstić information content (AvgIpc) is 2.43. The molecular formula is C15H13Cl2NO. The van der Waals surface area contributed by atoms with Crippen molar-refractivity contribution in [2.24, 2.45) is 0 Å². The quantitative estimate of drug-likeness (QED) is 0.806. The summed E-state index contributed by atoms with van der Waals surface area (Å²) in [6.45, 7) is 2.48. The van der Waals surface area contributed by atoms with E-state index in [1.54, 1.807) is 23.1 Å². The monoisotopic (exact) mass is 293 g/mol. The second kappa shape index (κ2) is 6.09. The lowest BCUT2D eigenvalue weighted by molar-refractivity contribution is 0.0988. The standard InChI is InChI=1S/C15H13Cl2NO/c1-2-18(12-6-4-3-5-7-12)15(19)13-10-11(16)8-9-14(13)17/h3-10H,2H2,1H3. The first kappa shape index (κ1) is 13.9. The van der Waals surface area contributed by atoms with Gasteiger partial charge in [0.2, 0.25) is 0 Å². The zero-order chi connectivity index (χ0) is 13.8. The minimum atomic E-state index is -0.152. The highest BCUT2D eigenvalue weighted by Crippen LogP contribution is 2.24. The van der Waals surface area contributed by atoms with Crippen LogP contribution in [-0.4, -0.2) is 12.5 Å². The van der Waals surface area contributed by atoms with E-state index in [1.165, 1.54) is 0 Å². The van der Waals surface area contributed by atoms with Gasteiger partial charge in [0, 0.05) is 17.3 Å². The van der Waals surface area contributed by atoms with Gasteiger partial charge in [-0.05, 0) is 37.3 Å². The molecule has 2 nitrogen and oxygen atoms in total. The zero-order valence-electron chi connectivity index (χ0n) is 10.4. The van der Waals surface area contributed by atoms with Crippen LogP contribution < -0.4 is 4.90 Å². The molecule has 0 saturated carbocycles. The molecule has 4 heteroatoms. The van der Waals surface area contributed by atoms with Gasteiger partial charge < -0.3 is 4.90 Å². The lowest BCUT2D eigenvalue weighted by atomic mass is 10.1. The fourth-order valence-electron chi connectivity index (χ4n) is 1.86. The zero-order valence-corrected chi connectivity index (χ0v) is 11.9. The average molecular weight is 294 g/mol. The number of carbonyl (C=O) groups is 1. The molecule has 2 aromatic rings. The maximum atomic E-state index is 12.5. The molecule has 0 unspecified atom stereocenters. The second-order valence-corrected chi connectivity index (χ2v) is 4.85. The van der Waals surface area contributed by atoms with Crippen LogP contribution in [0.3, 0.4) is 0 Å². The number of nitrogens with zero attached hydrogens (tertiary/aromatic N) is 1. The molecule has 0 heterocycles. The molecule has 0 aliphatic heterocycles. The van der Waals surface area contributed by atoms with Crippen LogP contribution in [0, 0.1) is 0 Å². The van der Waals surface area contributed by atoms with Crippen LogP contribution >= 0.6 is 23.2 Å². The first-order chi connectivity index (χ1) is 9.13. The van der Waals surface area contributed by atoms with Gasteiger partial charge in [-0.25, -0.2) is 0 Å². The Morgan fingerprint density at radius 3 is 2.42 bits per heavy atom. The molecule has 0 fully saturated rings. The number of para-hydroxylation sites is 1. The molecule has 2 rings (SSSR count). The van der Waals surface area contributed by atoms with Gasteiger partial charge in [0.1, 0.15) is 0 Å². The maximum Gasteiger partial charge on any atom is 0.259 e. The summed E-state index contributed by atoms with van der Waals surface area (Å²) in [5.74, 6) is -0.152. The van der Waals surface area contributed by atoms with Gasteiger partial charge in [0.15, 0.2) is 0 Å². The molecule has 0 bridgehead atoms. The highest BCUT2D eigenvalue weighted by atomic mass is 35.5. The Morgan fingerprint density at radius 1 is 1.11 bits per heavy atom. The van der Waals surface area contributed by atoms with Crippen molar-refractivity contribution in [1.29, 1.82) is 0 Å². The lowest BCUT2D eigenvalue weighted by Crippen LogP contribution is -2.30. The van der Waals surface area contributed by atoms with E-state index in [0.717, 1.165) is 5.69 Å². The first-order valence-electron chi connectivity index (χ1n) is 5.95. The molecular weight excluding hydrogens is 281 g/mol. The molecule has 0 aromatic heterocycles. The number of anilines is 1.